The largest absolute Gasteiger partial charge is 0.306 e. The van der Waals surface area contributed by atoms with E-state index in [1.807, 2.05) is 0 Å². The lowest BCUT2D eigenvalue weighted by Crippen LogP contribution is -2.34. The Hall–Kier alpha value is -0.860. The molecule has 1 saturated carbocycles. The van der Waals surface area contributed by atoms with Gasteiger partial charge < -0.3 is 5.32 Å². The normalized spacial score (nSPS) is 26.4. The maximum absolute atomic E-state index is 3.79. The Morgan fingerprint density at radius 3 is 2.83 bits per heavy atom. The summed E-state index contributed by atoms with van der Waals surface area (Å²) in [5.41, 5.74) is 2.77. The van der Waals surface area contributed by atoms with Gasteiger partial charge in [0, 0.05) is 31.2 Å². The zero-order chi connectivity index (χ0) is 12.5. The summed E-state index contributed by atoms with van der Waals surface area (Å²) >= 11 is 0. The van der Waals surface area contributed by atoms with Crippen LogP contribution in [0.4, 0.5) is 0 Å². The summed E-state index contributed by atoms with van der Waals surface area (Å²) in [4.78, 5) is 2.67. The molecule has 18 heavy (non-hydrogen) atoms. The van der Waals surface area contributed by atoms with Crippen LogP contribution in [0.25, 0.3) is 0 Å². The van der Waals surface area contributed by atoms with Crippen LogP contribution in [0.2, 0.25) is 0 Å². The molecule has 3 rings (SSSR count). The molecule has 0 bridgehead atoms. The lowest BCUT2D eigenvalue weighted by Gasteiger charge is -2.21. The fourth-order valence-corrected chi connectivity index (χ4v) is 3.08. The molecule has 1 unspecified atom stereocenters. The van der Waals surface area contributed by atoms with Crippen LogP contribution in [0.1, 0.15) is 43.4 Å². The quantitative estimate of drug-likeness (QED) is 0.876. The number of hydrogen-bond donors (Lipinski definition) is 1. The maximum Gasteiger partial charge on any atom is 0.0294 e. The van der Waals surface area contributed by atoms with Gasteiger partial charge in [0.1, 0.15) is 0 Å². The first-order valence-corrected chi connectivity index (χ1v) is 7.29. The summed E-state index contributed by atoms with van der Waals surface area (Å²) in [6.45, 7) is 7.00. The first kappa shape index (κ1) is 12.2. The van der Waals surface area contributed by atoms with Crippen LogP contribution in [0.3, 0.4) is 0 Å². The SMILES string of the molecule is Cc1cccc([C@@H](C)NC2CCN(C3CC3)C2)c1. The Morgan fingerprint density at radius 2 is 2.11 bits per heavy atom. The second-order valence-corrected chi connectivity index (χ2v) is 6.01. The molecule has 1 heterocycles. The van der Waals surface area contributed by atoms with Crippen LogP contribution in [0.5, 0.6) is 0 Å². The predicted octanol–water partition coefficient (Wildman–Crippen LogP) is 2.88. The van der Waals surface area contributed by atoms with Gasteiger partial charge in [-0.3, -0.25) is 4.90 Å². The highest BCUT2D eigenvalue weighted by molar-refractivity contribution is 5.24. The molecule has 1 aromatic rings. The Balaban J connectivity index is 1.56. The van der Waals surface area contributed by atoms with Gasteiger partial charge in [-0.15, -0.1) is 0 Å². The van der Waals surface area contributed by atoms with Crippen LogP contribution in [-0.2, 0) is 0 Å². The van der Waals surface area contributed by atoms with Crippen LogP contribution >= 0.6 is 0 Å². The molecule has 1 N–H and O–H groups in total. The van der Waals surface area contributed by atoms with Crippen molar-refractivity contribution in [3.05, 3.63) is 35.4 Å². The first-order chi connectivity index (χ1) is 8.72. The molecule has 0 radical (unpaired) electrons. The van der Waals surface area contributed by atoms with E-state index in [1.165, 1.54) is 43.5 Å². The highest BCUT2D eigenvalue weighted by Gasteiger charge is 2.34. The maximum atomic E-state index is 3.79. The minimum absolute atomic E-state index is 0.467. The molecule has 0 amide bonds. The summed E-state index contributed by atoms with van der Waals surface area (Å²) in [7, 11) is 0. The zero-order valence-electron chi connectivity index (χ0n) is 11.5. The van der Waals surface area contributed by atoms with E-state index in [2.05, 4.69) is 48.3 Å². The van der Waals surface area contributed by atoms with Gasteiger partial charge in [-0.1, -0.05) is 29.8 Å². The second-order valence-electron chi connectivity index (χ2n) is 6.01. The van der Waals surface area contributed by atoms with E-state index in [9.17, 15) is 0 Å². The third-order valence-electron chi connectivity index (χ3n) is 4.31. The fourth-order valence-electron chi connectivity index (χ4n) is 3.08. The van der Waals surface area contributed by atoms with E-state index in [0.29, 0.717) is 12.1 Å². The molecule has 2 aliphatic rings. The highest BCUT2D eigenvalue weighted by Crippen LogP contribution is 2.30. The van der Waals surface area contributed by atoms with Gasteiger partial charge in [-0.2, -0.15) is 0 Å². The number of aryl methyl sites for hydroxylation is 1. The van der Waals surface area contributed by atoms with Crippen LogP contribution in [-0.4, -0.2) is 30.1 Å². The van der Waals surface area contributed by atoms with Crippen molar-refractivity contribution in [3.8, 4) is 0 Å². The van der Waals surface area contributed by atoms with Gasteiger partial charge in [0.2, 0.25) is 0 Å². The number of likely N-dealkylation sites (tertiary alicyclic amines) is 1. The van der Waals surface area contributed by atoms with Crippen molar-refractivity contribution in [1.29, 1.82) is 0 Å². The Labute approximate surface area is 110 Å². The standard InChI is InChI=1S/C16H24N2/c1-12-4-3-5-14(10-12)13(2)17-15-8-9-18(11-15)16-6-7-16/h3-5,10,13,15-17H,6-9,11H2,1-2H3/t13-,15?/m1/s1. The zero-order valence-corrected chi connectivity index (χ0v) is 11.5. The molecule has 2 nitrogen and oxygen atoms in total. The van der Waals surface area contributed by atoms with E-state index in [-0.39, 0.29) is 0 Å². The third kappa shape index (κ3) is 2.76. The first-order valence-electron chi connectivity index (χ1n) is 7.29. The van der Waals surface area contributed by atoms with Gasteiger partial charge in [0.15, 0.2) is 0 Å². The van der Waals surface area contributed by atoms with E-state index < -0.39 is 0 Å². The molecule has 1 aromatic carbocycles. The summed E-state index contributed by atoms with van der Waals surface area (Å²) in [5, 5.41) is 3.79. The highest BCUT2D eigenvalue weighted by atomic mass is 15.2. The van der Waals surface area contributed by atoms with Crippen molar-refractivity contribution in [2.45, 2.75) is 51.2 Å². The predicted molar refractivity (Wildman–Crippen MR) is 75.7 cm³/mol. The van der Waals surface area contributed by atoms with Crippen LogP contribution < -0.4 is 5.32 Å². The van der Waals surface area contributed by atoms with Gasteiger partial charge >= 0.3 is 0 Å². The Morgan fingerprint density at radius 1 is 1.28 bits per heavy atom. The van der Waals surface area contributed by atoms with Gasteiger partial charge in [-0.05, 0) is 38.7 Å². The lowest BCUT2D eigenvalue weighted by atomic mass is 10.0. The van der Waals surface area contributed by atoms with Crippen LogP contribution in [0, 0.1) is 6.92 Å². The van der Waals surface area contributed by atoms with Crippen molar-refractivity contribution < 1.29 is 0 Å². The van der Waals surface area contributed by atoms with Crippen LogP contribution in [0.15, 0.2) is 24.3 Å². The van der Waals surface area contributed by atoms with E-state index in [4.69, 9.17) is 0 Å². The van der Waals surface area contributed by atoms with Gasteiger partial charge in [0.05, 0.1) is 0 Å². The molecule has 2 heteroatoms. The smallest absolute Gasteiger partial charge is 0.0294 e. The second kappa shape index (κ2) is 5.02. The summed E-state index contributed by atoms with van der Waals surface area (Å²) in [6.07, 6.45) is 4.17. The number of hydrogen-bond acceptors (Lipinski definition) is 2. The minimum atomic E-state index is 0.467. The molecule has 2 atom stereocenters. The molecular weight excluding hydrogens is 220 g/mol. The fraction of sp³-hybridized carbons (Fsp3) is 0.625. The summed E-state index contributed by atoms with van der Waals surface area (Å²) in [5.74, 6) is 0. The average molecular weight is 244 g/mol. The number of nitrogens with one attached hydrogen (secondary N) is 1. The number of benzene rings is 1. The molecule has 1 aliphatic heterocycles. The Kier molecular flexibility index (Phi) is 3.40. The molecule has 0 aromatic heterocycles. The van der Waals surface area contributed by atoms with E-state index in [1.54, 1.807) is 0 Å². The summed E-state index contributed by atoms with van der Waals surface area (Å²) < 4.78 is 0. The molecule has 2 fully saturated rings. The molecule has 1 aliphatic carbocycles. The van der Waals surface area contributed by atoms with Gasteiger partial charge in [-0.25, -0.2) is 0 Å². The Bertz CT molecular complexity index is 411. The molecule has 98 valence electrons. The monoisotopic (exact) mass is 244 g/mol. The third-order valence-corrected chi connectivity index (χ3v) is 4.31. The lowest BCUT2D eigenvalue weighted by molar-refractivity contribution is 0.313. The van der Waals surface area contributed by atoms with Crippen molar-refractivity contribution >= 4 is 0 Å². The van der Waals surface area contributed by atoms with Crippen molar-refractivity contribution in [3.63, 3.8) is 0 Å². The minimum Gasteiger partial charge on any atom is -0.306 e. The molecular formula is C16H24N2. The van der Waals surface area contributed by atoms with Crippen molar-refractivity contribution in [2.24, 2.45) is 0 Å². The number of rotatable bonds is 4. The topological polar surface area (TPSA) is 15.3 Å². The van der Waals surface area contributed by atoms with Crippen molar-refractivity contribution in [1.82, 2.24) is 10.2 Å². The van der Waals surface area contributed by atoms with E-state index >= 15 is 0 Å². The number of nitrogens with zero attached hydrogens (tertiary/aromatic N) is 1. The van der Waals surface area contributed by atoms with Gasteiger partial charge in [0.25, 0.3) is 0 Å². The molecule has 0 spiro atoms. The average Bonchev–Trinajstić information content (AvgIpc) is 3.11. The summed E-state index contributed by atoms with van der Waals surface area (Å²) in [6, 6.07) is 10.9. The van der Waals surface area contributed by atoms with E-state index in [0.717, 1.165) is 6.04 Å². The van der Waals surface area contributed by atoms with Crippen molar-refractivity contribution in [2.75, 3.05) is 13.1 Å². The molecule has 1 saturated heterocycles.